The first-order chi connectivity index (χ1) is 7.77. The molecule has 1 fully saturated rings. The summed E-state index contributed by atoms with van der Waals surface area (Å²) >= 11 is 0. The van der Waals surface area contributed by atoms with Crippen LogP contribution in [0.4, 0.5) is 0 Å². The Hall–Kier alpha value is -0.610. The molecule has 16 heavy (non-hydrogen) atoms. The third kappa shape index (κ3) is 5.47. The minimum Gasteiger partial charge on any atom is -0.383 e. The molecule has 1 heterocycles. The summed E-state index contributed by atoms with van der Waals surface area (Å²) < 4.78 is 5.02. The lowest BCUT2D eigenvalue weighted by Gasteiger charge is -2.34. The molecule has 96 valence electrons. The predicted octanol–water partition coefficient (Wildman–Crippen LogP) is 1.21. The van der Waals surface area contributed by atoms with Gasteiger partial charge in [0, 0.05) is 46.3 Å². The molecule has 1 rings (SSSR count). The minimum atomic E-state index is 0.274. The second-order valence-corrected chi connectivity index (χ2v) is 3.57. The van der Waals surface area contributed by atoms with Gasteiger partial charge in [0.2, 0.25) is 5.91 Å². The van der Waals surface area contributed by atoms with E-state index in [0.717, 1.165) is 39.3 Å². The van der Waals surface area contributed by atoms with Crippen LogP contribution in [0.1, 0.15) is 27.2 Å². The Morgan fingerprint density at radius 3 is 2.19 bits per heavy atom. The van der Waals surface area contributed by atoms with Gasteiger partial charge in [-0.2, -0.15) is 0 Å². The number of piperazine rings is 1. The van der Waals surface area contributed by atoms with Gasteiger partial charge >= 0.3 is 0 Å². The summed E-state index contributed by atoms with van der Waals surface area (Å²) in [7, 11) is 1.72. The third-order valence-electron chi connectivity index (χ3n) is 2.64. The maximum absolute atomic E-state index is 11.4. The first-order valence-electron chi connectivity index (χ1n) is 6.27. The highest BCUT2D eigenvalue weighted by molar-refractivity contribution is 5.75. The van der Waals surface area contributed by atoms with Crippen LogP contribution in [0.5, 0.6) is 0 Å². The summed E-state index contributed by atoms with van der Waals surface area (Å²) in [6.45, 7) is 11.4. The fraction of sp³-hybridized carbons (Fsp3) is 0.917. The Labute approximate surface area is 99.5 Å². The number of methoxy groups -OCH3 is 1. The molecule has 0 aromatic heterocycles. The maximum atomic E-state index is 11.4. The summed E-state index contributed by atoms with van der Waals surface area (Å²) in [6, 6.07) is 0. The van der Waals surface area contributed by atoms with Crippen LogP contribution in [0.15, 0.2) is 0 Å². The van der Waals surface area contributed by atoms with Crippen LogP contribution in [0.2, 0.25) is 0 Å². The standard InChI is InChI=1S/C10H20N2O2.C2H6/c1-3-10(13)12-6-4-11(5-7-12)8-9-14-2;1-2/h3-9H2,1-2H3;1-2H3. The molecule has 1 aliphatic heterocycles. The first kappa shape index (κ1) is 15.4. The van der Waals surface area contributed by atoms with Crippen LogP contribution in [-0.4, -0.2) is 62.1 Å². The summed E-state index contributed by atoms with van der Waals surface area (Å²) in [5, 5.41) is 0. The van der Waals surface area contributed by atoms with Gasteiger partial charge in [0.1, 0.15) is 0 Å². The number of hydrogen-bond acceptors (Lipinski definition) is 3. The van der Waals surface area contributed by atoms with Crippen molar-refractivity contribution in [1.29, 1.82) is 0 Å². The van der Waals surface area contributed by atoms with Gasteiger partial charge < -0.3 is 9.64 Å². The molecule has 0 aromatic rings. The van der Waals surface area contributed by atoms with E-state index in [1.54, 1.807) is 7.11 Å². The topological polar surface area (TPSA) is 32.8 Å². The van der Waals surface area contributed by atoms with Crippen LogP contribution in [0.25, 0.3) is 0 Å². The SMILES string of the molecule is CC.CCC(=O)N1CCN(CCOC)CC1. The Kier molecular flexibility index (Phi) is 9.24. The molecular formula is C12H26N2O2. The molecule has 0 atom stereocenters. The minimum absolute atomic E-state index is 0.274. The molecule has 0 spiro atoms. The molecule has 1 amide bonds. The number of nitrogens with zero attached hydrogens (tertiary/aromatic N) is 2. The molecule has 0 saturated carbocycles. The summed E-state index contributed by atoms with van der Waals surface area (Å²) in [6.07, 6.45) is 0.623. The zero-order valence-corrected chi connectivity index (χ0v) is 11.2. The second-order valence-electron chi connectivity index (χ2n) is 3.57. The van der Waals surface area contributed by atoms with Crippen molar-refractivity contribution in [2.24, 2.45) is 0 Å². The van der Waals surface area contributed by atoms with Crippen LogP contribution >= 0.6 is 0 Å². The Morgan fingerprint density at radius 1 is 1.19 bits per heavy atom. The van der Waals surface area contributed by atoms with Crippen LogP contribution in [0.3, 0.4) is 0 Å². The number of ether oxygens (including phenoxy) is 1. The van der Waals surface area contributed by atoms with E-state index in [4.69, 9.17) is 4.74 Å². The van der Waals surface area contributed by atoms with E-state index in [9.17, 15) is 4.79 Å². The molecule has 1 aliphatic rings. The van der Waals surface area contributed by atoms with Gasteiger partial charge in [-0.3, -0.25) is 9.69 Å². The van der Waals surface area contributed by atoms with Crippen molar-refractivity contribution in [3.63, 3.8) is 0 Å². The third-order valence-corrected chi connectivity index (χ3v) is 2.64. The maximum Gasteiger partial charge on any atom is 0.222 e. The van der Waals surface area contributed by atoms with Gasteiger partial charge in [-0.1, -0.05) is 20.8 Å². The average Bonchev–Trinajstić information content (AvgIpc) is 2.38. The molecule has 0 aromatic carbocycles. The molecule has 0 radical (unpaired) electrons. The van der Waals surface area contributed by atoms with Gasteiger partial charge in [-0.25, -0.2) is 0 Å². The van der Waals surface area contributed by atoms with E-state index < -0.39 is 0 Å². The molecule has 0 bridgehead atoms. The van der Waals surface area contributed by atoms with Crippen LogP contribution in [0, 0.1) is 0 Å². The van der Waals surface area contributed by atoms with Crippen molar-refractivity contribution in [2.45, 2.75) is 27.2 Å². The van der Waals surface area contributed by atoms with E-state index in [-0.39, 0.29) is 5.91 Å². The second kappa shape index (κ2) is 9.60. The van der Waals surface area contributed by atoms with Crippen molar-refractivity contribution >= 4 is 5.91 Å². The fourth-order valence-electron chi connectivity index (χ4n) is 1.66. The lowest BCUT2D eigenvalue weighted by Crippen LogP contribution is -2.49. The Morgan fingerprint density at radius 2 is 1.75 bits per heavy atom. The number of amides is 1. The average molecular weight is 230 g/mol. The summed E-state index contributed by atoms with van der Waals surface area (Å²) in [4.78, 5) is 15.7. The van der Waals surface area contributed by atoms with Gasteiger partial charge in [-0.05, 0) is 0 Å². The predicted molar refractivity (Wildman–Crippen MR) is 66.5 cm³/mol. The zero-order valence-electron chi connectivity index (χ0n) is 11.2. The van der Waals surface area contributed by atoms with Crippen LogP contribution < -0.4 is 0 Å². The lowest BCUT2D eigenvalue weighted by atomic mass is 10.3. The van der Waals surface area contributed by atoms with Crippen molar-refractivity contribution in [3.05, 3.63) is 0 Å². The van der Waals surface area contributed by atoms with E-state index in [0.29, 0.717) is 6.42 Å². The largest absolute Gasteiger partial charge is 0.383 e. The lowest BCUT2D eigenvalue weighted by molar-refractivity contribution is -0.132. The summed E-state index contributed by atoms with van der Waals surface area (Å²) in [5.74, 6) is 0.274. The molecule has 0 N–H and O–H groups in total. The van der Waals surface area contributed by atoms with Gasteiger partial charge in [-0.15, -0.1) is 0 Å². The van der Waals surface area contributed by atoms with Crippen molar-refractivity contribution in [2.75, 3.05) is 46.4 Å². The van der Waals surface area contributed by atoms with Gasteiger partial charge in [0.25, 0.3) is 0 Å². The van der Waals surface area contributed by atoms with E-state index in [1.807, 2.05) is 25.7 Å². The van der Waals surface area contributed by atoms with Crippen molar-refractivity contribution in [3.8, 4) is 0 Å². The monoisotopic (exact) mass is 230 g/mol. The number of carbonyl (C=O) groups excluding carboxylic acids is 1. The van der Waals surface area contributed by atoms with Crippen LogP contribution in [-0.2, 0) is 9.53 Å². The first-order valence-corrected chi connectivity index (χ1v) is 6.27. The Balaban J connectivity index is 0.00000106. The number of carbonyl (C=O) groups is 1. The van der Waals surface area contributed by atoms with Crippen molar-refractivity contribution < 1.29 is 9.53 Å². The van der Waals surface area contributed by atoms with Crippen molar-refractivity contribution in [1.82, 2.24) is 9.80 Å². The molecule has 1 saturated heterocycles. The number of rotatable bonds is 4. The summed E-state index contributed by atoms with van der Waals surface area (Å²) in [5.41, 5.74) is 0. The highest BCUT2D eigenvalue weighted by Crippen LogP contribution is 2.02. The Bertz CT molecular complexity index is 178. The highest BCUT2D eigenvalue weighted by atomic mass is 16.5. The van der Waals surface area contributed by atoms with E-state index >= 15 is 0 Å². The molecule has 4 heteroatoms. The van der Waals surface area contributed by atoms with E-state index in [2.05, 4.69) is 4.90 Å². The van der Waals surface area contributed by atoms with Gasteiger partial charge in [0.15, 0.2) is 0 Å². The normalized spacial score (nSPS) is 16.6. The molecule has 4 nitrogen and oxygen atoms in total. The van der Waals surface area contributed by atoms with Gasteiger partial charge in [0.05, 0.1) is 6.61 Å². The highest BCUT2D eigenvalue weighted by Gasteiger charge is 2.18. The fourth-order valence-corrected chi connectivity index (χ4v) is 1.66. The molecule has 0 aliphatic carbocycles. The van der Waals surface area contributed by atoms with E-state index in [1.165, 1.54) is 0 Å². The number of hydrogen-bond donors (Lipinski definition) is 0. The zero-order chi connectivity index (χ0) is 12.4. The molecule has 0 unspecified atom stereocenters. The molecular weight excluding hydrogens is 204 g/mol. The quantitative estimate of drug-likeness (QED) is 0.728. The smallest absolute Gasteiger partial charge is 0.222 e.